The van der Waals surface area contributed by atoms with Gasteiger partial charge in [0, 0.05) is 71.4 Å². The van der Waals surface area contributed by atoms with E-state index in [0.717, 1.165) is 116 Å². The first kappa shape index (κ1) is 64.3. The Balaban J connectivity index is 0.000000147. The highest BCUT2D eigenvalue weighted by atomic mass is 15.0. The van der Waals surface area contributed by atoms with Crippen molar-refractivity contribution in [3.05, 3.63) is 388 Å². The first-order chi connectivity index (χ1) is 53.5. The third kappa shape index (κ3) is 12.7. The molecule has 504 valence electrons. The molecule has 8 heteroatoms. The second kappa shape index (κ2) is 28.2. The summed E-state index contributed by atoms with van der Waals surface area (Å²) < 4.78 is 0. The van der Waals surface area contributed by atoms with Gasteiger partial charge in [-0.15, -0.1) is 0 Å². The molecule has 0 saturated carbocycles. The molecule has 20 aromatic rings. The Kier molecular flexibility index (Phi) is 16.8. The maximum Gasteiger partial charge on any atom is 0.164 e. The SMILES string of the molecule is c1ccc(-c2ccc(-c3nc(-c4ccccc4)nc(-c4cccc(-c5ccc(-c6nc7c8ccccc8ccc7c7ccccc67)cc5)c4)n3)cc2)cc1.c1ccc(-c2ccc(-c3nc(-c4ccccc4)nc(-c4cccc(-c5ccc(-c6nc7cc8ccccc8cc7c7ccccc67)cc5)c4)n3)cc2)cc1. The van der Waals surface area contributed by atoms with Crippen LogP contribution in [0.5, 0.6) is 0 Å². The molecule has 4 aromatic heterocycles. The van der Waals surface area contributed by atoms with Gasteiger partial charge in [-0.25, -0.2) is 39.9 Å². The van der Waals surface area contributed by atoms with E-state index >= 15 is 0 Å². The molecule has 16 aromatic carbocycles. The molecule has 0 fully saturated rings. The minimum atomic E-state index is 0.628. The van der Waals surface area contributed by atoms with E-state index in [1.807, 2.05) is 72.8 Å². The molecule has 108 heavy (non-hydrogen) atoms. The predicted molar refractivity (Wildman–Crippen MR) is 446 cm³/mol. The van der Waals surface area contributed by atoms with Crippen LogP contribution in [0.4, 0.5) is 0 Å². The Bertz CT molecular complexity index is 6690. The molecule has 0 aliphatic carbocycles. The lowest BCUT2D eigenvalue weighted by Crippen LogP contribution is -2.00. The van der Waals surface area contributed by atoms with E-state index in [2.05, 4.69) is 315 Å². The summed E-state index contributed by atoms with van der Waals surface area (Å²) in [5.41, 5.74) is 20.8. The maximum absolute atomic E-state index is 5.32. The van der Waals surface area contributed by atoms with E-state index in [-0.39, 0.29) is 0 Å². The van der Waals surface area contributed by atoms with E-state index in [1.165, 1.54) is 48.8 Å². The third-order valence-electron chi connectivity index (χ3n) is 20.2. The number of benzene rings is 16. The summed E-state index contributed by atoms with van der Waals surface area (Å²) in [6, 6.07) is 135. The van der Waals surface area contributed by atoms with Gasteiger partial charge in [0.2, 0.25) is 0 Å². The van der Waals surface area contributed by atoms with Crippen molar-refractivity contribution in [2.24, 2.45) is 0 Å². The van der Waals surface area contributed by atoms with E-state index < -0.39 is 0 Å². The van der Waals surface area contributed by atoms with E-state index in [1.54, 1.807) is 0 Å². The lowest BCUT2D eigenvalue weighted by atomic mass is 9.96. The van der Waals surface area contributed by atoms with E-state index in [0.29, 0.717) is 34.9 Å². The number of hydrogen-bond acceptors (Lipinski definition) is 8. The second-order valence-corrected chi connectivity index (χ2v) is 27.0. The van der Waals surface area contributed by atoms with Gasteiger partial charge in [-0.2, -0.15) is 0 Å². The Morgan fingerprint density at radius 3 is 0.861 bits per heavy atom. The largest absolute Gasteiger partial charge is 0.247 e. The molecule has 0 spiro atoms. The van der Waals surface area contributed by atoms with Crippen LogP contribution in [-0.4, -0.2) is 39.9 Å². The highest BCUT2D eigenvalue weighted by Gasteiger charge is 2.19. The average molecular weight is 1380 g/mol. The molecule has 0 atom stereocenters. The molecule has 0 bridgehead atoms. The highest BCUT2D eigenvalue weighted by molar-refractivity contribution is 6.18. The Morgan fingerprint density at radius 2 is 0.417 bits per heavy atom. The van der Waals surface area contributed by atoms with Gasteiger partial charge < -0.3 is 0 Å². The highest BCUT2D eigenvalue weighted by Crippen LogP contribution is 2.40. The summed E-state index contributed by atoms with van der Waals surface area (Å²) >= 11 is 0. The van der Waals surface area contributed by atoms with Crippen LogP contribution in [-0.2, 0) is 0 Å². The lowest BCUT2D eigenvalue weighted by molar-refractivity contribution is 1.07. The molecule has 4 heterocycles. The Hall–Kier alpha value is -14.6. The molecule has 20 rings (SSSR count). The molecule has 0 unspecified atom stereocenters. The van der Waals surface area contributed by atoms with Crippen molar-refractivity contribution in [1.82, 2.24) is 39.9 Å². The number of fused-ring (bicyclic) bond motifs is 9. The molecule has 0 N–H and O–H groups in total. The summed E-state index contributed by atoms with van der Waals surface area (Å²) in [5.74, 6) is 3.81. The number of aromatic nitrogens is 8. The molecule has 0 radical (unpaired) electrons. The van der Waals surface area contributed by atoms with Gasteiger partial charge in [0.1, 0.15) is 0 Å². The van der Waals surface area contributed by atoms with Gasteiger partial charge in [-0.1, -0.05) is 364 Å². The van der Waals surface area contributed by atoms with Gasteiger partial charge in [-0.3, -0.25) is 0 Å². The van der Waals surface area contributed by atoms with E-state index in [9.17, 15) is 0 Å². The number of pyridine rings is 2. The maximum atomic E-state index is 5.32. The van der Waals surface area contributed by atoms with Crippen LogP contribution in [0.25, 0.3) is 200 Å². The quantitative estimate of drug-likeness (QED) is 0.0880. The normalized spacial score (nSPS) is 11.3. The van der Waals surface area contributed by atoms with Gasteiger partial charge in [0.25, 0.3) is 0 Å². The van der Waals surface area contributed by atoms with Gasteiger partial charge in [0.05, 0.1) is 22.4 Å². The fourth-order valence-corrected chi connectivity index (χ4v) is 14.7. The molecule has 0 amide bonds. The zero-order valence-electron chi connectivity index (χ0n) is 58.5. The number of rotatable bonds is 12. The van der Waals surface area contributed by atoms with Gasteiger partial charge in [0.15, 0.2) is 34.9 Å². The number of nitrogens with zero attached hydrogens (tertiary/aromatic N) is 8. The fourth-order valence-electron chi connectivity index (χ4n) is 14.7. The summed E-state index contributed by atoms with van der Waals surface area (Å²) in [4.78, 5) is 40.5. The lowest BCUT2D eigenvalue weighted by Gasteiger charge is -2.13. The summed E-state index contributed by atoms with van der Waals surface area (Å²) in [6.45, 7) is 0. The fraction of sp³-hybridized carbons (Fsp3) is 0. The average Bonchev–Trinajstić information content (AvgIpc) is 0.748. The van der Waals surface area contributed by atoms with Crippen LogP contribution in [0.15, 0.2) is 388 Å². The minimum Gasteiger partial charge on any atom is -0.247 e. The van der Waals surface area contributed by atoms with Crippen molar-refractivity contribution >= 4 is 64.9 Å². The van der Waals surface area contributed by atoms with Crippen molar-refractivity contribution < 1.29 is 0 Å². The monoisotopic (exact) mass is 1380 g/mol. The topological polar surface area (TPSA) is 103 Å². The van der Waals surface area contributed by atoms with Gasteiger partial charge in [-0.05, 0) is 95.7 Å². The molecule has 0 aliphatic heterocycles. The zero-order valence-corrected chi connectivity index (χ0v) is 58.5. The van der Waals surface area contributed by atoms with Crippen LogP contribution >= 0.6 is 0 Å². The van der Waals surface area contributed by atoms with E-state index in [4.69, 9.17) is 39.9 Å². The van der Waals surface area contributed by atoms with Crippen LogP contribution in [0.1, 0.15) is 0 Å². The Labute approximate surface area is 624 Å². The van der Waals surface area contributed by atoms with Crippen molar-refractivity contribution in [2.45, 2.75) is 0 Å². The summed E-state index contributed by atoms with van der Waals surface area (Å²) in [6.07, 6.45) is 0. The van der Waals surface area contributed by atoms with Crippen molar-refractivity contribution in [1.29, 1.82) is 0 Å². The van der Waals surface area contributed by atoms with Crippen molar-refractivity contribution in [3.8, 4) is 135 Å². The summed E-state index contributed by atoms with van der Waals surface area (Å²) in [5, 5.41) is 11.8. The number of hydrogen-bond donors (Lipinski definition) is 0. The van der Waals surface area contributed by atoms with Crippen molar-refractivity contribution in [2.75, 3.05) is 0 Å². The smallest absolute Gasteiger partial charge is 0.164 e. The minimum absolute atomic E-state index is 0.628. The molecular formula is C100H64N8. The van der Waals surface area contributed by atoms with Gasteiger partial charge >= 0.3 is 0 Å². The van der Waals surface area contributed by atoms with Crippen molar-refractivity contribution in [3.63, 3.8) is 0 Å². The first-order valence-corrected chi connectivity index (χ1v) is 36.3. The Morgan fingerprint density at radius 1 is 0.130 bits per heavy atom. The van der Waals surface area contributed by atoms with Crippen LogP contribution < -0.4 is 0 Å². The van der Waals surface area contributed by atoms with Crippen LogP contribution in [0.3, 0.4) is 0 Å². The molecule has 8 nitrogen and oxygen atoms in total. The first-order valence-electron chi connectivity index (χ1n) is 36.3. The molecule has 0 aliphatic rings. The predicted octanol–water partition coefficient (Wildman–Crippen LogP) is 25.5. The third-order valence-corrected chi connectivity index (χ3v) is 20.2. The summed E-state index contributed by atoms with van der Waals surface area (Å²) in [7, 11) is 0. The molecule has 0 saturated heterocycles. The zero-order chi connectivity index (χ0) is 71.7. The van der Waals surface area contributed by atoms with Crippen LogP contribution in [0, 0.1) is 0 Å². The van der Waals surface area contributed by atoms with Crippen LogP contribution in [0.2, 0.25) is 0 Å². The second-order valence-electron chi connectivity index (χ2n) is 27.0. The standard InChI is InChI=1S/2C50H32N4/c1-3-12-33(13-4-1)34-24-28-39(29-25-34)49-52-48(38-15-5-2-6-16-38)53-50(54-49)41-18-11-17-40(32-41)35-22-26-37(27-23-35)46-44-21-10-9-20-43(44)45-31-30-36-14-7-8-19-42(36)47(45)51-46;1-3-12-33(13-4-1)34-24-28-38(29-25-34)49-52-48(37-14-5-2-6-15-37)53-50(54-49)42-19-11-18-39(30-42)35-22-26-36(27-23-35)47-44-21-10-9-20-43(44)45-31-40-16-7-8-17-41(40)32-46(45)51-47/h2*1-32H. The molecular weight excluding hydrogens is 1310 g/mol.